The molecule has 2 aromatic rings. The van der Waals surface area contributed by atoms with Gasteiger partial charge in [0.1, 0.15) is 6.04 Å². The van der Waals surface area contributed by atoms with Gasteiger partial charge in [0.2, 0.25) is 5.91 Å². The van der Waals surface area contributed by atoms with Crippen molar-refractivity contribution in [3.05, 3.63) is 44.9 Å². The summed E-state index contributed by atoms with van der Waals surface area (Å²) in [6.07, 6.45) is 2.99. The van der Waals surface area contributed by atoms with Crippen LogP contribution in [0.25, 0.3) is 0 Å². The van der Waals surface area contributed by atoms with Gasteiger partial charge in [0.05, 0.1) is 11.5 Å². The van der Waals surface area contributed by atoms with Crippen LogP contribution in [-0.2, 0) is 21.1 Å². The van der Waals surface area contributed by atoms with Crippen LogP contribution in [0.5, 0.6) is 0 Å². The minimum absolute atomic E-state index is 0.0711. The van der Waals surface area contributed by atoms with Crippen molar-refractivity contribution in [1.29, 1.82) is 0 Å². The van der Waals surface area contributed by atoms with Crippen molar-refractivity contribution in [1.82, 2.24) is 15.6 Å². The number of aromatic nitrogens is 1. The second kappa shape index (κ2) is 10.1. The van der Waals surface area contributed by atoms with Gasteiger partial charge in [-0.1, -0.05) is 28.1 Å². The molecule has 0 radical (unpaired) electrons. The number of amides is 3. The fraction of sp³-hybridized carbons (Fsp3) is 0.450. The Labute approximate surface area is 194 Å². The molecule has 0 spiro atoms. The zero-order valence-corrected chi connectivity index (χ0v) is 20.5. The first-order valence-corrected chi connectivity index (χ1v) is 13.3. The fourth-order valence-electron chi connectivity index (χ4n) is 3.29. The Morgan fingerprint density at radius 3 is 2.81 bits per heavy atom. The molecule has 3 amide bonds. The van der Waals surface area contributed by atoms with Crippen LogP contribution in [0.15, 0.2) is 28.9 Å². The van der Waals surface area contributed by atoms with Crippen molar-refractivity contribution in [2.75, 3.05) is 23.4 Å². The van der Waals surface area contributed by atoms with E-state index in [2.05, 4.69) is 42.9 Å². The molecule has 1 aromatic heterocycles. The topological polar surface area (TPSA) is 117 Å². The van der Waals surface area contributed by atoms with Crippen LogP contribution in [0.4, 0.5) is 9.93 Å². The van der Waals surface area contributed by atoms with Crippen LogP contribution in [-0.4, -0.2) is 49.4 Å². The van der Waals surface area contributed by atoms with E-state index in [9.17, 15) is 18.0 Å². The van der Waals surface area contributed by atoms with Crippen LogP contribution >= 0.6 is 27.3 Å². The van der Waals surface area contributed by atoms with Crippen molar-refractivity contribution >= 4 is 54.2 Å². The van der Waals surface area contributed by atoms with Crippen molar-refractivity contribution in [3.8, 4) is 0 Å². The average molecular weight is 529 g/mol. The maximum Gasteiger partial charge on any atom is 0.321 e. The first kappa shape index (κ1) is 23.7. The monoisotopic (exact) mass is 528 g/mol. The number of halogens is 1. The van der Waals surface area contributed by atoms with E-state index >= 15 is 0 Å². The quantitative estimate of drug-likeness (QED) is 0.510. The molecule has 31 heavy (non-hydrogen) atoms. The normalized spacial score (nSPS) is 18.4. The molecule has 1 fully saturated rings. The van der Waals surface area contributed by atoms with Crippen molar-refractivity contribution < 1.29 is 18.0 Å². The molecule has 2 unspecified atom stereocenters. The summed E-state index contributed by atoms with van der Waals surface area (Å²) >= 11 is 4.87. The van der Waals surface area contributed by atoms with Crippen LogP contribution < -0.4 is 16.0 Å². The maximum atomic E-state index is 12.2. The fourth-order valence-corrected chi connectivity index (χ4v) is 6.24. The molecule has 3 rings (SSSR count). The summed E-state index contributed by atoms with van der Waals surface area (Å²) in [4.78, 5) is 29.6. The largest absolute Gasteiger partial charge is 0.354 e. The summed E-state index contributed by atoms with van der Waals surface area (Å²) in [7, 11) is -2.98. The molecule has 1 aliphatic rings. The lowest BCUT2D eigenvalue weighted by Gasteiger charge is -2.15. The Morgan fingerprint density at radius 1 is 1.35 bits per heavy atom. The van der Waals surface area contributed by atoms with Gasteiger partial charge in [-0.05, 0) is 43.4 Å². The number of nitrogens with one attached hydrogen (secondary N) is 3. The molecule has 2 heterocycles. The third-order valence-electron chi connectivity index (χ3n) is 5.01. The summed E-state index contributed by atoms with van der Waals surface area (Å²) < 4.78 is 24.0. The number of rotatable bonds is 7. The zero-order chi connectivity index (χ0) is 22.6. The number of urea groups is 1. The molecule has 1 saturated heterocycles. The minimum Gasteiger partial charge on any atom is -0.354 e. The molecule has 8 nitrogen and oxygen atoms in total. The van der Waals surface area contributed by atoms with E-state index in [0.29, 0.717) is 18.0 Å². The van der Waals surface area contributed by atoms with E-state index < -0.39 is 21.9 Å². The van der Waals surface area contributed by atoms with Gasteiger partial charge in [0.25, 0.3) is 0 Å². The number of sulfone groups is 1. The van der Waals surface area contributed by atoms with Crippen LogP contribution in [0.1, 0.15) is 29.3 Å². The highest BCUT2D eigenvalue weighted by Gasteiger charge is 2.28. The van der Waals surface area contributed by atoms with E-state index in [1.807, 2.05) is 19.1 Å². The number of benzene rings is 1. The first-order chi connectivity index (χ1) is 14.6. The standard InChI is InChI=1S/C20H25BrN4O4S2/c1-12-7-14(3-4-17(12)21)8-16-10-23-20(30-16)25-19(27)24-13(2)18(26)22-9-15-5-6-31(28,29)11-15/h3-4,7,10,13,15H,5-6,8-9,11H2,1-2H3,(H,22,26)(H2,23,24,25,27). The maximum absolute atomic E-state index is 12.2. The van der Waals surface area contributed by atoms with Gasteiger partial charge < -0.3 is 10.6 Å². The van der Waals surface area contributed by atoms with E-state index in [1.165, 1.54) is 11.3 Å². The Bertz CT molecular complexity index is 1070. The highest BCUT2D eigenvalue weighted by molar-refractivity contribution is 9.10. The SMILES string of the molecule is Cc1cc(Cc2cnc(NC(=O)NC(C)C(=O)NCC3CCS(=O)(=O)C3)s2)ccc1Br. The van der Waals surface area contributed by atoms with Gasteiger partial charge in [-0.25, -0.2) is 18.2 Å². The summed E-state index contributed by atoms with van der Waals surface area (Å²) in [5, 5.41) is 8.38. The zero-order valence-electron chi connectivity index (χ0n) is 17.3. The predicted octanol–water partition coefficient (Wildman–Crippen LogP) is 2.87. The number of hydrogen-bond acceptors (Lipinski definition) is 6. The Hall–Kier alpha value is -1.98. The molecular weight excluding hydrogens is 504 g/mol. The lowest BCUT2D eigenvalue weighted by Crippen LogP contribution is -2.47. The van der Waals surface area contributed by atoms with Crippen LogP contribution in [0, 0.1) is 12.8 Å². The molecule has 11 heteroatoms. The number of anilines is 1. The van der Waals surface area contributed by atoms with Crippen molar-refractivity contribution in [3.63, 3.8) is 0 Å². The Balaban J connectivity index is 1.44. The van der Waals surface area contributed by atoms with Crippen molar-refractivity contribution in [2.45, 2.75) is 32.7 Å². The van der Waals surface area contributed by atoms with Gasteiger partial charge in [-0.2, -0.15) is 0 Å². The Kier molecular flexibility index (Phi) is 7.71. The Morgan fingerprint density at radius 2 is 2.13 bits per heavy atom. The highest BCUT2D eigenvalue weighted by atomic mass is 79.9. The molecule has 1 aromatic carbocycles. The van der Waals surface area contributed by atoms with Crippen LogP contribution in [0.3, 0.4) is 0 Å². The van der Waals surface area contributed by atoms with Gasteiger partial charge in [-0.15, -0.1) is 11.3 Å². The molecule has 3 N–H and O–H groups in total. The average Bonchev–Trinajstić information content (AvgIpc) is 3.27. The lowest BCUT2D eigenvalue weighted by atomic mass is 10.1. The van der Waals surface area contributed by atoms with Crippen LogP contribution in [0.2, 0.25) is 0 Å². The predicted molar refractivity (Wildman–Crippen MR) is 125 cm³/mol. The summed E-state index contributed by atoms with van der Waals surface area (Å²) in [5.74, 6) is -0.161. The molecule has 0 bridgehead atoms. The first-order valence-electron chi connectivity index (χ1n) is 9.86. The molecular formula is C20H25BrN4O4S2. The third-order valence-corrected chi connectivity index (χ3v) is 8.65. The molecule has 1 aliphatic heterocycles. The smallest absolute Gasteiger partial charge is 0.321 e. The number of thiazole rings is 1. The highest BCUT2D eigenvalue weighted by Crippen LogP contribution is 2.23. The van der Waals surface area contributed by atoms with E-state index in [-0.39, 0.29) is 29.9 Å². The molecule has 168 valence electrons. The summed E-state index contributed by atoms with van der Waals surface area (Å²) in [5.41, 5.74) is 2.31. The van der Waals surface area contributed by atoms with Gasteiger partial charge >= 0.3 is 6.03 Å². The van der Waals surface area contributed by atoms with Crippen molar-refractivity contribution in [2.24, 2.45) is 5.92 Å². The van der Waals surface area contributed by atoms with Gasteiger partial charge in [-0.3, -0.25) is 10.1 Å². The minimum atomic E-state index is -2.98. The lowest BCUT2D eigenvalue weighted by molar-refractivity contribution is -0.122. The molecule has 0 aliphatic carbocycles. The van der Waals surface area contributed by atoms with Gasteiger partial charge in [0, 0.05) is 28.5 Å². The van der Waals surface area contributed by atoms with E-state index in [0.717, 1.165) is 20.5 Å². The van der Waals surface area contributed by atoms with E-state index in [4.69, 9.17) is 0 Å². The molecule has 2 atom stereocenters. The number of carbonyl (C=O) groups is 2. The van der Waals surface area contributed by atoms with Gasteiger partial charge in [0.15, 0.2) is 15.0 Å². The third kappa shape index (κ3) is 7.01. The number of hydrogen-bond donors (Lipinski definition) is 3. The van der Waals surface area contributed by atoms with E-state index in [1.54, 1.807) is 13.1 Å². The molecule has 0 saturated carbocycles. The number of nitrogens with zero attached hydrogens (tertiary/aromatic N) is 1. The number of aryl methyl sites for hydroxylation is 1. The summed E-state index contributed by atoms with van der Waals surface area (Å²) in [6.45, 7) is 3.89. The number of carbonyl (C=O) groups excluding carboxylic acids is 2. The summed E-state index contributed by atoms with van der Waals surface area (Å²) in [6, 6.07) is 4.87. The second-order valence-corrected chi connectivity index (χ2v) is 11.9. The second-order valence-electron chi connectivity index (χ2n) is 7.73.